The number of benzene rings is 1. The van der Waals surface area contributed by atoms with Gasteiger partial charge in [0.05, 0.1) is 18.8 Å². The largest absolute Gasteiger partial charge is 0.469 e. The van der Waals surface area contributed by atoms with Crippen molar-refractivity contribution in [1.82, 2.24) is 0 Å². The van der Waals surface area contributed by atoms with Gasteiger partial charge in [0.25, 0.3) is 0 Å². The minimum Gasteiger partial charge on any atom is -0.469 e. The number of ether oxygens (including phenoxy) is 1. The fraction of sp³-hybridized carbons (Fsp3) is 0.500. The van der Waals surface area contributed by atoms with Gasteiger partial charge in [-0.25, -0.2) is 0 Å². The Kier molecular flexibility index (Phi) is 8.04. The predicted octanol–water partition coefficient (Wildman–Crippen LogP) is 3.72. The van der Waals surface area contributed by atoms with E-state index in [-0.39, 0.29) is 24.1 Å². The molecular formula is C16H22O3S. The molecule has 3 nitrogen and oxygen atoms in total. The monoisotopic (exact) mass is 294 g/mol. The number of unbranched alkanes of at least 4 members (excludes halogenated alkanes) is 1. The number of Topliss-reactive ketones (excluding diaryl/α,β-unsaturated/α-hetero) is 1. The van der Waals surface area contributed by atoms with Crippen molar-refractivity contribution in [3.8, 4) is 0 Å². The Balaban J connectivity index is 2.43. The van der Waals surface area contributed by atoms with Gasteiger partial charge in [0, 0.05) is 11.3 Å². The molecule has 0 spiro atoms. The highest BCUT2D eigenvalue weighted by Gasteiger charge is 2.21. The molecule has 0 heterocycles. The first-order chi connectivity index (χ1) is 9.67. The molecule has 20 heavy (non-hydrogen) atoms. The second-order valence-electron chi connectivity index (χ2n) is 4.71. The van der Waals surface area contributed by atoms with Gasteiger partial charge >= 0.3 is 5.97 Å². The van der Waals surface area contributed by atoms with Gasteiger partial charge in [-0.2, -0.15) is 0 Å². The number of hydrogen-bond acceptors (Lipinski definition) is 4. The molecule has 0 amide bonds. The third-order valence-corrected chi connectivity index (χ3v) is 4.13. The number of hydrogen-bond donors (Lipinski definition) is 0. The van der Waals surface area contributed by atoms with Crippen molar-refractivity contribution in [3.63, 3.8) is 0 Å². The lowest BCUT2D eigenvalue weighted by atomic mass is 9.97. The molecule has 1 unspecified atom stereocenters. The zero-order chi connectivity index (χ0) is 14.8. The molecule has 0 aliphatic rings. The molecule has 1 atom stereocenters. The lowest BCUT2D eigenvalue weighted by Crippen LogP contribution is -2.20. The summed E-state index contributed by atoms with van der Waals surface area (Å²) in [6, 6.07) is 9.81. The van der Waals surface area contributed by atoms with E-state index < -0.39 is 0 Å². The molecule has 4 heteroatoms. The summed E-state index contributed by atoms with van der Waals surface area (Å²) >= 11 is 1.51. The van der Waals surface area contributed by atoms with Crippen LogP contribution < -0.4 is 0 Å². The topological polar surface area (TPSA) is 43.4 Å². The molecule has 1 rings (SSSR count). The van der Waals surface area contributed by atoms with E-state index in [9.17, 15) is 9.59 Å². The van der Waals surface area contributed by atoms with E-state index >= 15 is 0 Å². The molecule has 1 aromatic rings. The van der Waals surface area contributed by atoms with Gasteiger partial charge in [0.2, 0.25) is 0 Å². The highest BCUT2D eigenvalue weighted by molar-refractivity contribution is 8.00. The number of carbonyl (C=O) groups excluding carboxylic acids is 2. The molecule has 0 aromatic heterocycles. The first kappa shape index (κ1) is 16.8. The predicted molar refractivity (Wildman–Crippen MR) is 81.8 cm³/mol. The zero-order valence-corrected chi connectivity index (χ0v) is 12.9. The Hall–Kier alpha value is -1.29. The molecule has 0 saturated carbocycles. The average molecular weight is 294 g/mol. The van der Waals surface area contributed by atoms with Crippen LogP contribution in [0.15, 0.2) is 35.2 Å². The Morgan fingerprint density at radius 1 is 1.25 bits per heavy atom. The van der Waals surface area contributed by atoms with Crippen LogP contribution in [0.2, 0.25) is 0 Å². The van der Waals surface area contributed by atoms with Crippen molar-refractivity contribution in [2.75, 3.05) is 12.9 Å². The van der Waals surface area contributed by atoms with Crippen LogP contribution in [0.1, 0.15) is 32.6 Å². The number of thioether (sulfide) groups is 1. The first-order valence-electron chi connectivity index (χ1n) is 6.94. The minimum absolute atomic E-state index is 0.102. The van der Waals surface area contributed by atoms with Crippen molar-refractivity contribution in [2.24, 2.45) is 5.92 Å². The van der Waals surface area contributed by atoms with Gasteiger partial charge < -0.3 is 4.74 Å². The van der Waals surface area contributed by atoms with E-state index in [1.54, 1.807) is 0 Å². The number of esters is 1. The van der Waals surface area contributed by atoms with Crippen molar-refractivity contribution in [1.29, 1.82) is 0 Å². The van der Waals surface area contributed by atoms with Gasteiger partial charge in [-0.1, -0.05) is 38.0 Å². The molecule has 1 aromatic carbocycles. The van der Waals surface area contributed by atoms with Gasteiger partial charge in [0.15, 0.2) is 0 Å². The maximum atomic E-state index is 12.0. The summed E-state index contributed by atoms with van der Waals surface area (Å²) < 4.78 is 4.78. The van der Waals surface area contributed by atoms with E-state index in [0.29, 0.717) is 5.75 Å². The van der Waals surface area contributed by atoms with E-state index in [1.165, 1.54) is 18.9 Å². The second-order valence-corrected chi connectivity index (χ2v) is 5.76. The fourth-order valence-electron chi connectivity index (χ4n) is 1.93. The fourth-order valence-corrected chi connectivity index (χ4v) is 2.73. The van der Waals surface area contributed by atoms with Crippen LogP contribution in [0.5, 0.6) is 0 Å². The molecule has 0 aliphatic heterocycles. The molecule has 0 radical (unpaired) electrons. The van der Waals surface area contributed by atoms with Gasteiger partial charge in [-0.15, -0.1) is 11.8 Å². The van der Waals surface area contributed by atoms with E-state index in [2.05, 4.69) is 6.92 Å². The van der Waals surface area contributed by atoms with Gasteiger partial charge in [-0.05, 0) is 18.6 Å². The number of rotatable bonds is 9. The summed E-state index contributed by atoms with van der Waals surface area (Å²) in [6.07, 6.45) is 2.97. The smallest absolute Gasteiger partial charge is 0.309 e. The van der Waals surface area contributed by atoms with Crippen LogP contribution in [0.3, 0.4) is 0 Å². The summed E-state index contributed by atoms with van der Waals surface area (Å²) in [5.74, 6) is -0.0467. The standard InChI is InChI=1S/C16H22O3S/c1-3-4-8-13(16(18)19-2)11-14(17)12-20-15-9-6-5-7-10-15/h5-7,9-10,13H,3-4,8,11-12H2,1-2H3. The zero-order valence-electron chi connectivity index (χ0n) is 12.1. The van der Waals surface area contributed by atoms with Crippen molar-refractivity contribution in [3.05, 3.63) is 30.3 Å². The summed E-state index contributed by atoms with van der Waals surface area (Å²) in [7, 11) is 1.38. The molecule has 0 N–H and O–H groups in total. The summed E-state index contributed by atoms with van der Waals surface area (Å²) in [4.78, 5) is 24.7. The summed E-state index contributed by atoms with van der Waals surface area (Å²) in [5.41, 5.74) is 0. The highest BCUT2D eigenvalue weighted by atomic mass is 32.2. The highest BCUT2D eigenvalue weighted by Crippen LogP contribution is 2.20. The number of ketones is 1. The van der Waals surface area contributed by atoms with Crippen molar-refractivity contribution < 1.29 is 14.3 Å². The molecule has 110 valence electrons. The number of methoxy groups -OCH3 is 1. The average Bonchev–Trinajstić information content (AvgIpc) is 2.49. The Labute approximate surface area is 125 Å². The Bertz CT molecular complexity index is 417. The molecule has 0 aliphatic carbocycles. The normalized spacial score (nSPS) is 11.9. The molecule has 0 saturated heterocycles. The Morgan fingerprint density at radius 3 is 2.55 bits per heavy atom. The minimum atomic E-state index is -0.288. The van der Waals surface area contributed by atoms with Gasteiger partial charge in [0.1, 0.15) is 5.78 Å². The van der Waals surface area contributed by atoms with Crippen molar-refractivity contribution in [2.45, 2.75) is 37.5 Å². The SMILES string of the molecule is CCCCC(CC(=O)CSc1ccccc1)C(=O)OC. The van der Waals surface area contributed by atoms with Crippen LogP contribution in [0.4, 0.5) is 0 Å². The summed E-state index contributed by atoms with van der Waals surface area (Å²) in [5, 5.41) is 0. The third-order valence-electron chi connectivity index (χ3n) is 3.06. The van der Waals surface area contributed by atoms with Crippen molar-refractivity contribution >= 4 is 23.5 Å². The van der Waals surface area contributed by atoms with Gasteiger partial charge in [-0.3, -0.25) is 9.59 Å². The maximum absolute atomic E-state index is 12.0. The summed E-state index contributed by atoms with van der Waals surface area (Å²) in [6.45, 7) is 2.07. The molecule has 0 fully saturated rings. The molecule has 0 bridgehead atoms. The van der Waals surface area contributed by atoms with E-state index in [0.717, 1.165) is 24.2 Å². The molecular weight excluding hydrogens is 272 g/mol. The van der Waals surface area contributed by atoms with Crippen LogP contribution >= 0.6 is 11.8 Å². The quantitative estimate of drug-likeness (QED) is 0.514. The Morgan fingerprint density at radius 2 is 1.95 bits per heavy atom. The first-order valence-corrected chi connectivity index (χ1v) is 7.93. The van der Waals surface area contributed by atoms with Crippen LogP contribution in [0, 0.1) is 5.92 Å². The van der Waals surface area contributed by atoms with Crippen LogP contribution in [-0.2, 0) is 14.3 Å². The second kappa shape index (κ2) is 9.59. The number of carbonyl (C=O) groups is 2. The van der Waals surface area contributed by atoms with E-state index in [1.807, 2.05) is 30.3 Å². The third kappa shape index (κ3) is 6.24. The lowest BCUT2D eigenvalue weighted by molar-refractivity contribution is -0.147. The van der Waals surface area contributed by atoms with E-state index in [4.69, 9.17) is 4.74 Å². The lowest BCUT2D eigenvalue weighted by Gasteiger charge is -2.13. The van der Waals surface area contributed by atoms with Crippen LogP contribution in [-0.4, -0.2) is 24.6 Å². The van der Waals surface area contributed by atoms with Crippen LogP contribution in [0.25, 0.3) is 0 Å². The maximum Gasteiger partial charge on any atom is 0.309 e.